The van der Waals surface area contributed by atoms with Gasteiger partial charge in [-0.05, 0) is 51.0 Å². The predicted molar refractivity (Wildman–Crippen MR) is 121 cm³/mol. The zero-order valence-electron chi connectivity index (χ0n) is 18.4. The molecular weight excluding hydrogens is 378 g/mol. The van der Waals surface area contributed by atoms with Crippen molar-refractivity contribution in [2.24, 2.45) is 4.99 Å². The molecular formula is C23H33N5O2. The molecule has 2 rings (SSSR count). The van der Waals surface area contributed by atoms with Gasteiger partial charge in [0.25, 0.3) is 5.91 Å². The highest BCUT2D eigenvalue weighted by atomic mass is 16.5. The third-order valence-electron chi connectivity index (χ3n) is 4.50. The molecule has 1 aromatic carbocycles. The molecule has 0 bridgehead atoms. The normalized spacial score (nSPS) is 12.2. The number of rotatable bonds is 10. The molecule has 0 aliphatic carbocycles. The number of carbonyl (C=O) groups is 1. The molecule has 0 spiro atoms. The zero-order chi connectivity index (χ0) is 21.8. The number of nitrogens with zero attached hydrogens (tertiary/aromatic N) is 2. The summed E-state index contributed by atoms with van der Waals surface area (Å²) < 4.78 is 6.07. The van der Waals surface area contributed by atoms with E-state index in [9.17, 15) is 4.79 Å². The minimum atomic E-state index is -0.140. The van der Waals surface area contributed by atoms with E-state index in [0.29, 0.717) is 31.2 Å². The van der Waals surface area contributed by atoms with Crippen molar-refractivity contribution in [2.75, 3.05) is 19.6 Å². The summed E-state index contributed by atoms with van der Waals surface area (Å²) in [6, 6.07) is 9.68. The number of guanidine groups is 1. The molecule has 2 aromatic rings. The Morgan fingerprint density at radius 2 is 1.97 bits per heavy atom. The van der Waals surface area contributed by atoms with E-state index in [2.05, 4.69) is 64.9 Å². The van der Waals surface area contributed by atoms with Crippen LogP contribution in [0.4, 0.5) is 0 Å². The van der Waals surface area contributed by atoms with Crippen LogP contribution in [0.25, 0.3) is 0 Å². The standard InChI is InChI=1S/C23H33N5O2/c1-5-18(4)30-21-14-17(3)9-10-19(21)16-28-23(25-6-2)27-13-12-26-22(29)20-8-7-11-24-15-20/h7-11,14-15,18H,5-6,12-13,16H2,1-4H3,(H,26,29)(H2,25,27,28). The van der Waals surface area contributed by atoms with Crippen LogP contribution in [0.3, 0.4) is 0 Å². The van der Waals surface area contributed by atoms with Gasteiger partial charge in [-0.3, -0.25) is 9.78 Å². The highest BCUT2D eigenvalue weighted by Gasteiger charge is 2.08. The van der Waals surface area contributed by atoms with E-state index >= 15 is 0 Å². The minimum Gasteiger partial charge on any atom is -0.490 e. The van der Waals surface area contributed by atoms with Crippen LogP contribution in [0.15, 0.2) is 47.7 Å². The van der Waals surface area contributed by atoms with Crippen LogP contribution in [-0.4, -0.2) is 42.6 Å². The first kappa shape index (κ1) is 23.2. The lowest BCUT2D eigenvalue weighted by atomic mass is 10.1. The van der Waals surface area contributed by atoms with Gasteiger partial charge in [0.2, 0.25) is 0 Å². The monoisotopic (exact) mass is 411 g/mol. The molecule has 1 amide bonds. The Labute approximate surface area is 179 Å². The average molecular weight is 412 g/mol. The zero-order valence-corrected chi connectivity index (χ0v) is 18.4. The molecule has 0 aliphatic heterocycles. The highest BCUT2D eigenvalue weighted by Crippen LogP contribution is 2.23. The van der Waals surface area contributed by atoms with Crippen LogP contribution >= 0.6 is 0 Å². The van der Waals surface area contributed by atoms with Gasteiger partial charge >= 0.3 is 0 Å². The molecule has 0 radical (unpaired) electrons. The number of benzene rings is 1. The Kier molecular flexibility index (Phi) is 9.64. The number of carbonyl (C=O) groups excluding carboxylic acids is 1. The van der Waals surface area contributed by atoms with Crippen molar-refractivity contribution in [3.8, 4) is 5.75 Å². The lowest BCUT2D eigenvalue weighted by Gasteiger charge is -2.17. The minimum absolute atomic E-state index is 0.140. The fourth-order valence-corrected chi connectivity index (χ4v) is 2.66. The third kappa shape index (κ3) is 7.73. The van der Waals surface area contributed by atoms with Crippen LogP contribution in [0.2, 0.25) is 0 Å². The van der Waals surface area contributed by atoms with Crippen molar-refractivity contribution in [3.63, 3.8) is 0 Å². The summed E-state index contributed by atoms with van der Waals surface area (Å²) in [4.78, 5) is 20.7. The van der Waals surface area contributed by atoms with Gasteiger partial charge in [-0.1, -0.05) is 19.1 Å². The second-order valence-electron chi connectivity index (χ2n) is 7.07. The average Bonchev–Trinajstić information content (AvgIpc) is 2.76. The number of amides is 1. The summed E-state index contributed by atoms with van der Waals surface area (Å²) in [5.74, 6) is 1.44. The molecule has 1 aromatic heterocycles. The summed E-state index contributed by atoms with van der Waals surface area (Å²) >= 11 is 0. The third-order valence-corrected chi connectivity index (χ3v) is 4.50. The number of aromatic nitrogens is 1. The maximum atomic E-state index is 12.1. The maximum absolute atomic E-state index is 12.1. The summed E-state index contributed by atoms with van der Waals surface area (Å²) in [7, 11) is 0. The number of aryl methyl sites for hydroxylation is 1. The van der Waals surface area contributed by atoms with Crippen molar-refractivity contribution in [1.82, 2.24) is 20.9 Å². The van der Waals surface area contributed by atoms with Crippen LogP contribution in [-0.2, 0) is 6.54 Å². The molecule has 0 saturated heterocycles. The summed E-state index contributed by atoms with van der Waals surface area (Å²) in [6.07, 6.45) is 4.30. The molecule has 0 fully saturated rings. The largest absolute Gasteiger partial charge is 0.490 e. The molecule has 1 heterocycles. The number of pyridine rings is 1. The van der Waals surface area contributed by atoms with E-state index in [4.69, 9.17) is 4.74 Å². The van der Waals surface area contributed by atoms with Gasteiger partial charge < -0.3 is 20.7 Å². The number of ether oxygens (including phenoxy) is 1. The Bertz CT molecular complexity index is 824. The van der Waals surface area contributed by atoms with Crippen molar-refractivity contribution in [1.29, 1.82) is 0 Å². The van der Waals surface area contributed by atoms with E-state index < -0.39 is 0 Å². The quantitative estimate of drug-likeness (QED) is 0.318. The van der Waals surface area contributed by atoms with Gasteiger partial charge in [-0.15, -0.1) is 0 Å². The van der Waals surface area contributed by atoms with Gasteiger partial charge in [-0.2, -0.15) is 0 Å². The van der Waals surface area contributed by atoms with E-state index in [1.807, 2.05) is 6.92 Å². The van der Waals surface area contributed by atoms with E-state index in [1.54, 1.807) is 24.5 Å². The van der Waals surface area contributed by atoms with Crippen molar-refractivity contribution in [2.45, 2.75) is 46.8 Å². The lowest BCUT2D eigenvalue weighted by molar-refractivity contribution is 0.0954. The molecule has 1 atom stereocenters. The Morgan fingerprint density at radius 3 is 2.67 bits per heavy atom. The summed E-state index contributed by atoms with van der Waals surface area (Å²) in [5.41, 5.74) is 2.75. The lowest BCUT2D eigenvalue weighted by Crippen LogP contribution is -2.41. The Balaban J connectivity index is 1.92. The second kappa shape index (κ2) is 12.5. The Morgan fingerprint density at radius 1 is 1.17 bits per heavy atom. The van der Waals surface area contributed by atoms with Gasteiger partial charge in [0.05, 0.1) is 18.2 Å². The molecule has 7 heteroatoms. The van der Waals surface area contributed by atoms with Crippen molar-refractivity contribution < 1.29 is 9.53 Å². The summed E-state index contributed by atoms with van der Waals surface area (Å²) in [5, 5.41) is 9.35. The molecule has 162 valence electrons. The Hall–Kier alpha value is -3.09. The molecule has 1 unspecified atom stereocenters. The highest BCUT2D eigenvalue weighted by molar-refractivity contribution is 5.93. The maximum Gasteiger partial charge on any atom is 0.252 e. The number of hydrogen-bond acceptors (Lipinski definition) is 4. The first-order valence-corrected chi connectivity index (χ1v) is 10.5. The molecule has 30 heavy (non-hydrogen) atoms. The first-order valence-electron chi connectivity index (χ1n) is 10.5. The van der Waals surface area contributed by atoms with Crippen molar-refractivity contribution in [3.05, 3.63) is 59.4 Å². The molecule has 0 aliphatic rings. The van der Waals surface area contributed by atoms with E-state index in [0.717, 1.165) is 29.8 Å². The molecule has 7 nitrogen and oxygen atoms in total. The first-order chi connectivity index (χ1) is 14.5. The smallest absolute Gasteiger partial charge is 0.252 e. The predicted octanol–water partition coefficient (Wildman–Crippen LogP) is 3.05. The van der Waals surface area contributed by atoms with Crippen LogP contribution in [0, 0.1) is 6.92 Å². The van der Waals surface area contributed by atoms with E-state index in [1.165, 1.54) is 0 Å². The summed E-state index contributed by atoms with van der Waals surface area (Å²) in [6.45, 7) is 10.5. The molecule has 0 saturated carbocycles. The van der Waals surface area contributed by atoms with Crippen LogP contribution in [0.1, 0.15) is 48.7 Å². The van der Waals surface area contributed by atoms with Gasteiger partial charge in [0.15, 0.2) is 5.96 Å². The SMILES string of the molecule is CCNC(=NCc1ccc(C)cc1OC(C)CC)NCCNC(=O)c1cccnc1. The fourth-order valence-electron chi connectivity index (χ4n) is 2.66. The number of hydrogen-bond donors (Lipinski definition) is 3. The number of aliphatic imine (C=N–C) groups is 1. The fraction of sp³-hybridized carbons (Fsp3) is 0.435. The molecule has 3 N–H and O–H groups in total. The van der Waals surface area contributed by atoms with Crippen LogP contribution < -0.4 is 20.7 Å². The number of nitrogens with one attached hydrogen (secondary N) is 3. The topological polar surface area (TPSA) is 87.6 Å². The van der Waals surface area contributed by atoms with Crippen molar-refractivity contribution >= 4 is 11.9 Å². The van der Waals surface area contributed by atoms with Gasteiger partial charge in [0, 0.05) is 37.6 Å². The van der Waals surface area contributed by atoms with Gasteiger partial charge in [-0.25, -0.2) is 4.99 Å². The second-order valence-corrected chi connectivity index (χ2v) is 7.07. The van der Waals surface area contributed by atoms with E-state index in [-0.39, 0.29) is 12.0 Å². The van der Waals surface area contributed by atoms with Gasteiger partial charge in [0.1, 0.15) is 5.75 Å². The van der Waals surface area contributed by atoms with Crippen LogP contribution in [0.5, 0.6) is 5.75 Å².